The topological polar surface area (TPSA) is 118 Å². The lowest BCUT2D eigenvalue weighted by Gasteiger charge is -2.15. The molecule has 1 atom stereocenters. The number of likely N-dealkylation sites (tertiary alicyclic amines) is 1. The molecule has 0 unspecified atom stereocenters. The molecule has 146 valence electrons. The van der Waals surface area contributed by atoms with Crippen LogP contribution >= 0.6 is 0 Å². The zero-order valence-electron chi connectivity index (χ0n) is 14.9. The second-order valence-corrected chi connectivity index (χ2v) is 6.87. The first-order chi connectivity index (χ1) is 13.0. The highest BCUT2D eigenvalue weighted by atomic mass is 16.5. The minimum absolute atomic E-state index is 0.0311. The Morgan fingerprint density at radius 2 is 2.04 bits per heavy atom. The molecule has 0 aromatic carbocycles. The van der Waals surface area contributed by atoms with Crippen molar-refractivity contribution in [2.24, 2.45) is 5.92 Å². The average Bonchev–Trinajstić information content (AvgIpc) is 3.37. The van der Waals surface area contributed by atoms with Gasteiger partial charge >= 0.3 is 12.0 Å². The Hall–Kier alpha value is -2.84. The average molecular weight is 377 g/mol. The molecule has 1 aliphatic carbocycles. The van der Waals surface area contributed by atoms with Crippen LogP contribution in [0.1, 0.15) is 37.9 Å². The summed E-state index contributed by atoms with van der Waals surface area (Å²) in [4.78, 5) is 49.1. The number of urea groups is 1. The fourth-order valence-electron chi connectivity index (χ4n) is 3.38. The maximum atomic E-state index is 12.1. The zero-order chi connectivity index (χ0) is 19.2. The summed E-state index contributed by atoms with van der Waals surface area (Å²) in [5.41, 5.74) is 0. The van der Waals surface area contributed by atoms with E-state index >= 15 is 0 Å². The van der Waals surface area contributed by atoms with Crippen LogP contribution in [0.3, 0.4) is 0 Å². The van der Waals surface area contributed by atoms with Gasteiger partial charge in [0.2, 0.25) is 5.91 Å². The number of furan rings is 1. The number of hydrogen-bond donors (Lipinski definition) is 2. The molecule has 1 aliphatic heterocycles. The molecular formula is C18H23N3O6. The Bertz CT molecular complexity index is 696. The number of imide groups is 1. The summed E-state index contributed by atoms with van der Waals surface area (Å²) >= 11 is 0. The van der Waals surface area contributed by atoms with Crippen LogP contribution < -0.4 is 10.6 Å². The molecule has 2 aliphatic rings. The van der Waals surface area contributed by atoms with E-state index in [0.717, 1.165) is 25.7 Å². The largest absolute Gasteiger partial charge is 0.467 e. The van der Waals surface area contributed by atoms with Crippen LogP contribution in [-0.4, -0.2) is 47.9 Å². The Labute approximate surface area is 156 Å². The molecular weight excluding hydrogens is 354 g/mol. The van der Waals surface area contributed by atoms with E-state index in [0.29, 0.717) is 5.76 Å². The van der Waals surface area contributed by atoms with E-state index in [1.165, 1.54) is 11.2 Å². The Kier molecular flexibility index (Phi) is 6.10. The summed E-state index contributed by atoms with van der Waals surface area (Å²) in [7, 11) is 0. The molecule has 2 heterocycles. The molecule has 2 fully saturated rings. The van der Waals surface area contributed by atoms with E-state index in [9.17, 15) is 19.2 Å². The van der Waals surface area contributed by atoms with Crippen molar-refractivity contribution >= 4 is 23.8 Å². The van der Waals surface area contributed by atoms with Crippen molar-refractivity contribution in [1.29, 1.82) is 0 Å². The molecule has 0 bridgehead atoms. The van der Waals surface area contributed by atoms with Crippen LogP contribution in [0.15, 0.2) is 22.8 Å². The molecule has 9 nitrogen and oxygen atoms in total. The Balaban J connectivity index is 1.37. The van der Waals surface area contributed by atoms with Gasteiger partial charge in [-0.25, -0.2) is 4.79 Å². The van der Waals surface area contributed by atoms with Gasteiger partial charge in [0.25, 0.3) is 5.91 Å². The van der Waals surface area contributed by atoms with E-state index in [4.69, 9.17) is 9.15 Å². The molecule has 2 N–H and O–H groups in total. The van der Waals surface area contributed by atoms with Gasteiger partial charge in [0.05, 0.1) is 18.7 Å². The van der Waals surface area contributed by atoms with Crippen molar-refractivity contribution in [1.82, 2.24) is 15.5 Å². The van der Waals surface area contributed by atoms with Crippen molar-refractivity contribution in [3.05, 3.63) is 24.2 Å². The third-order valence-electron chi connectivity index (χ3n) is 4.76. The summed E-state index contributed by atoms with van der Waals surface area (Å²) in [6.07, 6.45) is 5.48. The SMILES string of the molecule is O=C(COC(=O)[C@@H]1CC(=O)N(Cc2ccco2)C1)NC(=O)NC1CCCC1. The van der Waals surface area contributed by atoms with Crippen molar-refractivity contribution in [3.8, 4) is 0 Å². The van der Waals surface area contributed by atoms with Gasteiger partial charge < -0.3 is 19.4 Å². The summed E-state index contributed by atoms with van der Waals surface area (Å²) in [6, 6.07) is 2.98. The lowest BCUT2D eigenvalue weighted by molar-refractivity contribution is -0.152. The summed E-state index contributed by atoms with van der Waals surface area (Å²) < 4.78 is 10.2. The first-order valence-corrected chi connectivity index (χ1v) is 9.08. The highest BCUT2D eigenvalue weighted by Crippen LogP contribution is 2.21. The van der Waals surface area contributed by atoms with Crippen LogP contribution in [0.4, 0.5) is 4.79 Å². The van der Waals surface area contributed by atoms with Crippen molar-refractivity contribution < 1.29 is 28.3 Å². The lowest BCUT2D eigenvalue weighted by Crippen LogP contribution is -2.45. The van der Waals surface area contributed by atoms with Gasteiger partial charge in [-0.1, -0.05) is 12.8 Å². The van der Waals surface area contributed by atoms with E-state index in [-0.39, 0.29) is 31.5 Å². The highest BCUT2D eigenvalue weighted by molar-refractivity contribution is 5.96. The number of nitrogens with zero attached hydrogens (tertiary/aromatic N) is 1. The molecule has 4 amide bonds. The maximum absolute atomic E-state index is 12.1. The van der Waals surface area contributed by atoms with Crippen molar-refractivity contribution in [2.75, 3.05) is 13.2 Å². The second kappa shape index (κ2) is 8.70. The number of ether oxygens (including phenoxy) is 1. The predicted octanol–water partition coefficient (Wildman–Crippen LogP) is 0.940. The van der Waals surface area contributed by atoms with Gasteiger partial charge in [-0.2, -0.15) is 0 Å². The second-order valence-electron chi connectivity index (χ2n) is 6.87. The number of rotatable bonds is 6. The number of amides is 4. The first-order valence-electron chi connectivity index (χ1n) is 9.08. The number of nitrogens with one attached hydrogen (secondary N) is 2. The summed E-state index contributed by atoms with van der Waals surface area (Å²) in [5, 5.41) is 4.86. The van der Waals surface area contributed by atoms with E-state index in [1.54, 1.807) is 12.1 Å². The van der Waals surface area contributed by atoms with Gasteiger partial charge in [0.15, 0.2) is 6.61 Å². The Morgan fingerprint density at radius 1 is 1.26 bits per heavy atom. The monoisotopic (exact) mass is 377 g/mol. The van der Waals surface area contributed by atoms with Gasteiger partial charge in [0, 0.05) is 19.0 Å². The normalized spacial score (nSPS) is 19.9. The molecule has 1 aromatic heterocycles. The maximum Gasteiger partial charge on any atom is 0.321 e. The summed E-state index contributed by atoms with van der Waals surface area (Å²) in [6.45, 7) is -0.0562. The fourth-order valence-corrected chi connectivity index (χ4v) is 3.38. The molecule has 1 saturated heterocycles. The standard InChI is InChI=1S/C18H23N3O6/c22-15(20-18(25)19-13-4-1-2-5-13)11-27-17(24)12-8-16(23)21(9-12)10-14-6-3-7-26-14/h3,6-7,12-13H,1-2,4-5,8-11H2,(H2,19,20,22,25)/t12-/m1/s1. The third kappa shape index (κ3) is 5.32. The number of hydrogen-bond acceptors (Lipinski definition) is 6. The lowest BCUT2D eigenvalue weighted by atomic mass is 10.1. The molecule has 9 heteroatoms. The molecule has 1 saturated carbocycles. The van der Waals surface area contributed by atoms with E-state index in [1.807, 2.05) is 0 Å². The minimum atomic E-state index is -0.699. The zero-order valence-corrected chi connectivity index (χ0v) is 14.9. The molecule has 0 spiro atoms. The van der Waals surface area contributed by atoms with E-state index < -0.39 is 30.4 Å². The smallest absolute Gasteiger partial charge is 0.321 e. The van der Waals surface area contributed by atoms with Gasteiger partial charge in [-0.3, -0.25) is 19.7 Å². The quantitative estimate of drug-likeness (QED) is 0.713. The van der Waals surface area contributed by atoms with Gasteiger partial charge in [-0.15, -0.1) is 0 Å². The van der Waals surface area contributed by atoms with Crippen LogP contribution in [0.2, 0.25) is 0 Å². The van der Waals surface area contributed by atoms with E-state index in [2.05, 4.69) is 10.6 Å². The summed E-state index contributed by atoms with van der Waals surface area (Å²) in [5.74, 6) is -1.50. The van der Waals surface area contributed by atoms with Crippen LogP contribution in [-0.2, 0) is 25.7 Å². The highest BCUT2D eigenvalue weighted by Gasteiger charge is 2.36. The number of carbonyl (C=O) groups excluding carboxylic acids is 4. The van der Waals surface area contributed by atoms with Gasteiger partial charge in [-0.05, 0) is 25.0 Å². The van der Waals surface area contributed by atoms with Crippen molar-refractivity contribution in [2.45, 2.75) is 44.7 Å². The number of carbonyl (C=O) groups is 4. The minimum Gasteiger partial charge on any atom is -0.467 e. The van der Waals surface area contributed by atoms with Crippen LogP contribution in [0.5, 0.6) is 0 Å². The third-order valence-corrected chi connectivity index (χ3v) is 4.76. The van der Waals surface area contributed by atoms with Crippen molar-refractivity contribution in [3.63, 3.8) is 0 Å². The van der Waals surface area contributed by atoms with Crippen LogP contribution in [0.25, 0.3) is 0 Å². The first kappa shape index (κ1) is 18.9. The van der Waals surface area contributed by atoms with Gasteiger partial charge in [0.1, 0.15) is 5.76 Å². The number of esters is 1. The fraction of sp³-hybridized carbons (Fsp3) is 0.556. The predicted molar refractivity (Wildman–Crippen MR) is 92.1 cm³/mol. The molecule has 0 radical (unpaired) electrons. The molecule has 27 heavy (non-hydrogen) atoms. The molecule has 1 aromatic rings. The van der Waals surface area contributed by atoms with Crippen LogP contribution in [0, 0.1) is 5.92 Å². The Morgan fingerprint density at radius 3 is 2.74 bits per heavy atom. The molecule has 3 rings (SSSR count).